The lowest BCUT2D eigenvalue weighted by molar-refractivity contribution is -0.248. The SMILES string of the molecule is Cc1c(-c2ccc(N3CCc4cccc(C(=O)Nc5nc6ncccc6s5)c4C3)nc2C(=O)O)cnn1CC12CC3(C)CC(C)(C1)CC(OCCN(CCCP(=O)(O)O)C(=O)OCc1ccc(N(C(=O)[C@@H](NC(=O)CCCCCN4C(=O)C=CC4=O)C(C)C)[C@@H](CCCNC(N)=O)C(N)=O)cc1)(C3)C2. The Balaban J connectivity index is 0.743. The number of rotatable bonds is 33. The van der Waals surface area contributed by atoms with E-state index in [-0.39, 0.29) is 98.6 Å². The zero-order valence-electron chi connectivity index (χ0n) is 59.1. The van der Waals surface area contributed by atoms with Crippen molar-refractivity contribution in [2.45, 2.75) is 162 Å². The summed E-state index contributed by atoms with van der Waals surface area (Å²) in [6.07, 6.45) is 11.7. The average Bonchev–Trinajstić information content (AvgIpc) is 0.735. The number of nitrogens with one attached hydrogen (secondary N) is 3. The molecule has 4 saturated carbocycles. The Hall–Kier alpha value is -9.48. The molecule has 6 aromatic rings. The predicted octanol–water partition coefficient (Wildman–Crippen LogP) is 8.38. The van der Waals surface area contributed by atoms with Crippen LogP contribution in [0.4, 0.5) is 26.2 Å². The van der Waals surface area contributed by atoms with Gasteiger partial charge in [-0.2, -0.15) is 10.1 Å². The third-order valence-corrected chi connectivity index (χ3v) is 22.4. The number of aromatic nitrogens is 5. The number of nitrogens with zero attached hydrogens (tertiary/aromatic N) is 9. The van der Waals surface area contributed by atoms with Crippen molar-refractivity contribution in [3.8, 4) is 11.1 Å². The van der Waals surface area contributed by atoms with E-state index in [1.165, 1.54) is 33.3 Å². The molecule has 31 heteroatoms. The summed E-state index contributed by atoms with van der Waals surface area (Å²) >= 11 is 1.34. The number of unbranched alkanes of at least 4 members (excludes halogenated alkanes) is 2. The molecule has 104 heavy (non-hydrogen) atoms. The fraction of sp³-hybridized carbons (Fsp3) is 0.493. The number of carbonyl (C=O) groups excluding carboxylic acids is 8. The molecule has 0 radical (unpaired) electrons. The molecule has 6 aliphatic rings. The Labute approximate surface area is 606 Å². The van der Waals surface area contributed by atoms with Gasteiger partial charge in [0.15, 0.2) is 16.5 Å². The lowest BCUT2D eigenvalue weighted by Gasteiger charge is -2.69. The second-order valence-corrected chi connectivity index (χ2v) is 32.4. The van der Waals surface area contributed by atoms with Gasteiger partial charge < -0.3 is 56.3 Å². The van der Waals surface area contributed by atoms with Crippen molar-refractivity contribution in [2.24, 2.45) is 33.6 Å². The Morgan fingerprint density at radius 2 is 1.58 bits per heavy atom. The van der Waals surface area contributed by atoms with Gasteiger partial charge in [0.05, 0.1) is 29.3 Å². The summed E-state index contributed by atoms with van der Waals surface area (Å²) in [7, 11) is -4.45. The molecule has 4 aliphatic carbocycles. The minimum absolute atomic E-state index is 0.00341. The first kappa shape index (κ1) is 75.7. The molecular weight excluding hydrogens is 1380 g/mol. The number of carboxylic acids is 1. The molecule has 10 N–H and O–H groups in total. The smallest absolute Gasteiger partial charge is 0.410 e. The number of fused-ring (bicyclic) bond motifs is 2. The topological polar surface area (TPSA) is 407 Å². The molecule has 2 aromatic carbocycles. The second kappa shape index (κ2) is 31.5. The minimum atomic E-state index is -4.45. The van der Waals surface area contributed by atoms with Crippen LogP contribution in [0.2, 0.25) is 0 Å². The number of aromatic carboxylic acids is 1. The van der Waals surface area contributed by atoms with Gasteiger partial charge in [0.1, 0.15) is 24.5 Å². The number of hydrogen-bond donors (Lipinski definition) is 8. The molecule has 554 valence electrons. The van der Waals surface area contributed by atoms with Gasteiger partial charge in [-0.25, -0.2) is 24.4 Å². The standard InChI is InChI=1S/C73H91N14O15PS/c1-45(2)60(80-57(88)17-7-6-8-30-85-58(89)24-25-59(85)90)65(93)87(54(62(74)91)15-10-28-77-67(75)96)49-20-18-47(19-21-49)37-101-69(97)83(29-12-34-103(98,99)100)32-33-102-73-41-70(4)38-71(5,42-73)40-72(39-70,43-73)44-86-46(3)52(35-78-86)50-22-23-56(79-61(50)66(94)95)84-31-26-48-13-9-14-51(53(48)36-84)64(92)82-68-81-63-55(104-68)16-11-27-76-63/h9,11,13-14,16,18-25,27,35,45,54,60H,6-8,10,12,15,17,26,28-34,36-44H2,1-5H3,(H2,74,91)(H,80,88)(H,94,95)(H3,75,77,96)(H2,98,99,100)(H,76,81,82,92)/t54-,60-,70?,71?,72?,73?/m0/s1. The summed E-state index contributed by atoms with van der Waals surface area (Å²) in [6, 6.07) is 16.1. The van der Waals surface area contributed by atoms with E-state index in [1.807, 2.05) is 46.8 Å². The number of thiazole rings is 1. The maximum Gasteiger partial charge on any atom is 0.410 e. The van der Waals surface area contributed by atoms with E-state index in [1.54, 1.807) is 62.6 Å². The monoisotopic (exact) mass is 1470 g/mol. The Bertz CT molecular complexity index is 4300. The van der Waals surface area contributed by atoms with Gasteiger partial charge in [-0.1, -0.05) is 69.7 Å². The Morgan fingerprint density at radius 3 is 2.26 bits per heavy atom. The summed E-state index contributed by atoms with van der Waals surface area (Å²) in [6.45, 7) is 11.5. The molecule has 12 rings (SSSR count). The van der Waals surface area contributed by atoms with Crippen molar-refractivity contribution in [3.63, 3.8) is 0 Å². The van der Waals surface area contributed by atoms with Gasteiger partial charge in [0.2, 0.25) is 11.8 Å². The predicted molar refractivity (Wildman–Crippen MR) is 387 cm³/mol. The highest BCUT2D eigenvalue weighted by atomic mass is 32.1. The first-order chi connectivity index (χ1) is 49.4. The highest BCUT2D eigenvalue weighted by Gasteiger charge is 2.66. The maximum atomic E-state index is 14.8. The molecule has 4 fully saturated rings. The largest absolute Gasteiger partial charge is 0.476 e. The van der Waals surface area contributed by atoms with Crippen molar-refractivity contribution in [3.05, 3.63) is 125 Å². The molecule has 4 atom stereocenters. The number of carboxylic acid groups (broad SMARTS) is 1. The summed E-state index contributed by atoms with van der Waals surface area (Å²) in [5.41, 5.74) is 15.5. The van der Waals surface area contributed by atoms with Crippen LogP contribution in [0.15, 0.2) is 91.3 Å². The zero-order chi connectivity index (χ0) is 74.5. The normalized spacial score (nSPS) is 20.9. The van der Waals surface area contributed by atoms with Gasteiger partial charge in [-0.15, -0.1) is 0 Å². The number of nitrogens with two attached hydrogens (primary N) is 2. The molecule has 9 amide bonds. The first-order valence-electron chi connectivity index (χ1n) is 35.2. The van der Waals surface area contributed by atoms with E-state index in [0.29, 0.717) is 90.6 Å². The molecule has 4 aromatic heterocycles. The van der Waals surface area contributed by atoms with Crippen molar-refractivity contribution in [2.75, 3.05) is 60.6 Å². The van der Waals surface area contributed by atoms with Crippen LogP contribution in [-0.2, 0) is 64.1 Å². The Kier molecular flexibility index (Phi) is 22.9. The van der Waals surface area contributed by atoms with Crippen molar-refractivity contribution in [1.82, 2.24) is 45.2 Å². The van der Waals surface area contributed by atoms with Crippen molar-refractivity contribution >= 4 is 99.5 Å². The van der Waals surface area contributed by atoms with Crippen LogP contribution < -0.4 is 37.2 Å². The van der Waals surface area contributed by atoms with E-state index in [4.69, 9.17) is 31.0 Å². The second-order valence-electron chi connectivity index (χ2n) is 29.6. The van der Waals surface area contributed by atoms with Crippen LogP contribution in [0, 0.1) is 29.1 Å². The molecule has 6 heterocycles. The number of benzene rings is 2. The molecular formula is C73H91N14O15PS. The number of primary amides is 2. The number of anilines is 3. The molecule has 4 bridgehead atoms. The van der Waals surface area contributed by atoms with Gasteiger partial charge in [0, 0.05) is 98.7 Å². The number of carbonyl (C=O) groups is 9. The van der Waals surface area contributed by atoms with Crippen LogP contribution in [0.25, 0.3) is 21.5 Å². The number of pyridine rings is 2. The van der Waals surface area contributed by atoms with Gasteiger partial charge >= 0.3 is 25.7 Å². The van der Waals surface area contributed by atoms with Crippen molar-refractivity contribution < 1.29 is 72.1 Å². The number of urea groups is 1. The van der Waals surface area contributed by atoms with Crippen LogP contribution in [0.5, 0.6) is 0 Å². The van der Waals surface area contributed by atoms with Crippen LogP contribution in [0.1, 0.15) is 154 Å². The number of hydrogen-bond acceptors (Lipinski definition) is 18. The van der Waals surface area contributed by atoms with Crippen LogP contribution >= 0.6 is 18.9 Å². The molecule has 2 aliphatic heterocycles. The molecule has 0 spiro atoms. The van der Waals surface area contributed by atoms with Crippen LogP contribution in [0.3, 0.4) is 0 Å². The fourth-order valence-electron chi connectivity index (χ4n) is 17.1. The van der Waals surface area contributed by atoms with Crippen molar-refractivity contribution in [1.29, 1.82) is 0 Å². The third-order valence-electron chi connectivity index (χ3n) is 20.6. The lowest BCUT2D eigenvalue weighted by Crippen LogP contribution is -2.64. The first-order valence-corrected chi connectivity index (χ1v) is 37.9. The van der Waals surface area contributed by atoms with E-state index >= 15 is 0 Å². The number of imide groups is 1. The molecule has 29 nitrogen and oxygen atoms in total. The number of ether oxygens (including phenoxy) is 2. The van der Waals surface area contributed by atoms with E-state index in [9.17, 15) is 62.6 Å². The average molecular weight is 1470 g/mol. The lowest BCUT2D eigenvalue weighted by atomic mass is 9.39. The Morgan fingerprint density at radius 1 is 0.837 bits per heavy atom. The van der Waals surface area contributed by atoms with E-state index < -0.39 is 85.0 Å². The molecule has 0 saturated heterocycles. The third kappa shape index (κ3) is 17.8. The summed E-state index contributed by atoms with van der Waals surface area (Å²) in [5, 5.41) is 24.4. The fourth-order valence-corrected chi connectivity index (χ4v) is 18.5. The van der Waals surface area contributed by atoms with Gasteiger partial charge in [0.25, 0.3) is 23.6 Å². The highest BCUT2D eigenvalue weighted by Crippen LogP contribution is 2.72. The van der Waals surface area contributed by atoms with E-state index in [2.05, 4.69) is 39.8 Å². The summed E-state index contributed by atoms with van der Waals surface area (Å²) < 4.78 is 27.9. The highest BCUT2D eigenvalue weighted by molar-refractivity contribution is 7.51. The van der Waals surface area contributed by atoms with Gasteiger partial charge in [-0.05, 0) is 165 Å². The minimum Gasteiger partial charge on any atom is -0.476 e. The van der Waals surface area contributed by atoms with E-state index in [0.717, 1.165) is 58.5 Å². The van der Waals surface area contributed by atoms with Gasteiger partial charge in [-0.3, -0.25) is 53.1 Å². The molecule has 2 unspecified atom stereocenters. The quantitative estimate of drug-likeness (QED) is 0.0109. The summed E-state index contributed by atoms with van der Waals surface area (Å²) in [5.74, 6) is -4.25. The maximum absolute atomic E-state index is 14.8. The summed E-state index contributed by atoms with van der Waals surface area (Å²) in [4.78, 5) is 157. The number of amides is 9. The zero-order valence-corrected chi connectivity index (χ0v) is 60.8. The van der Waals surface area contributed by atoms with Crippen LogP contribution in [-0.4, -0.2) is 166 Å².